The van der Waals surface area contributed by atoms with Crippen LogP contribution in [0.2, 0.25) is 0 Å². The lowest BCUT2D eigenvalue weighted by atomic mass is 10.1. The highest BCUT2D eigenvalue weighted by molar-refractivity contribution is 5.31. The Morgan fingerprint density at radius 3 is 2.86 bits per heavy atom. The Morgan fingerprint density at radius 2 is 2.29 bits per heavy atom. The van der Waals surface area contributed by atoms with Gasteiger partial charge in [-0.2, -0.15) is 0 Å². The molecule has 0 saturated heterocycles. The molecule has 1 rings (SSSR count). The highest BCUT2D eigenvalue weighted by atomic mass is 19.1. The Balaban J connectivity index is 2.83. The fourth-order valence-electron chi connectivity index (χ4n) is 1.12. The third-order valence-electron chi connectivity index (χ3n) is 1.82. The number of nitrogens with two attached hydrogens (primary N) is 1. The summed E-state index contributed by atoms with van der Waals surface area (Å²) >= 11 is 0. The maximum absolute atomic E-state index is 13.2. The molecule has 0 aliphatic carbocycles. The maximum atomic E-state index is 13.2. The minimum atomic E-state index is -0.368. The highest BCUT2D eigenvalue weighted by Gasteiger charge is 2.07. The van der Waals surface area contributed by atoms with Crippen LogP contribution in [-0.4, -0.2) is 18.3 Å². The van der Waals surface area contributed by atoms with Gasteiger partial charge >= 0.3 is 0 Å². The molecule has 0 fully saturated rings. The molecule has 0 aliphatic rings. The van der Waals surface area contributed by atoms with Crippen molar-refractivity contribution in [2.75, 3.05) is 13.2 Å². The summed E-state index contributed by atoms with van der Waals surface area (Å²) in [6, 6.07) is 4.01. The van der Waals surface area contributed by atoms with E-state index in [4.69, 9.17) is 15.6 Å². The molecule has 1 atom stereocenters. The number of aliphatic hydroxyl groups excluding tert-OH is 1. The van der Waals surface area contributed by atoms with Crippen molar-refractivity contribution < 1.29 is 14.2 Å². The molecule has 0 saturated carbocycles. The quantitative estimate of drug-likeness (QED) is 0.766. The summed E-state index contributed by atoms with van der Waals surface area (Å²) in [5.74, 6) is 0.184. The topological polar surface area (TPSA) is 55.5 Å². The Kier molecular flexibility index (Phi) is 3.85. The third kappa shape index (κ3) is 2.68. The smallest absolute Gasteiger partial charge is 0.128 e. The minimum absolute atomic E-state index is 0.0646. The summed E-state index contributed by atoms with van der Waals surface area (Å²) < 4.78 is 18.3. The van der Waals surface area contributed by atoms with Crippen LogP contribution in [0.15, 0.2) is 18.2 Å². The molecule has 1 aromatic carbocycles. The zero-order valence-electron chi connectivity index (χ0n) is 8.03. The Morgan fingerprint density at radius 1 is 1.57 bits per heavy atom. The van der Waals surface area contributed by atoms with Crippen molar-refractivity contribution in [2.45, 2.75) is 13.0 Å². The van der Waals surface area contributed by atoms with E-state index >= 15 is 0 Å². The molecule has 1 unspecified atom stereocenters. The normalized spacial score (nSPS) is 12.6. The molecule has 4 heteroatoms. The third-order valence-corrected chi connectivity index (χ3v) is 1.82. The molecule has 0 aromatic heterocycles. The van der Waals surface area contributed by atoms with Gasteiger partial charge in [-0.3, -0.25) is 0 Å². The van der Waals surface area contributed by atoms with Crippen LogP contribution in [0.5, 0.6) is 5.75 Å². The van der Waals surface area contributed by atoms with E-state index in [-0.39, 0.29) is 25.1 Å². The first kappa shape index (κ1) is 10.9. The van der Waals surface area contributed by atoms with E-state index in [1.165, 1.54) is 12.1 Å². The number of hydrogen-bond acceptors (Lipinski definition) is 3. The van der Waals surface area contributed by atoms with Crippen LogP contribution in [0, 0.1) is 5.82 Å². The lowest BCUT2D eigenvalue weighted by molar-refractivity contribution is 0.201. The zero-order valence-corrected chi connectivity index (χ0v) is 8.03. The number of ether oxygens (including phenoxy) is 1. The second-order valence-electron chi connectivity index (χ2n) is 3.04. The molecule has 78 valence electrons. The van der Waals surface area contributed by atoms with E-state index in [9.17, 15) is 4.39 Å². The van der Waals surface area contributed by atoms with Crippen LogP contribution in [-0.2, 0) is 0 Å². The maximum Gasteiger partial charge on any atom is 0.128 e. The van der Waals surface area contributed by atoms with Crippen LogP contribution in [0.1, 0.15) is 18.5 Å². The van der Waals surface area contributed by atoms with Crippen LogP contribution >= 0.6 is 0 Å². The van der Waals surface area contributed by atoms with Crippen LogP contribution in [0.4, 0.5) is 4.39 Å². The average molecular weight is 199 g/mol. The summed E-state index contributed by atoms with van der Waals surface area (Å²) in [4.78, 5) is 0. The molecular weight excluding hydrogens is 185 g/mol. The fraction of sp³-hybridized carbons (Fsp3) is 0.400. The first-order chi connectivity index (χ1) is 6.65. The van der Waals surface area contributed by atoms with Crippen molar-refractivity contribution in [3.05, 3.63) is 29.6 Å². The molecule has 0 radical (unpaired) electrons. The predicted molar refractivity (Wildman–Crippen MR) is 51.6 cm³/mol. The van der Waals surface area contributed by atoms with Crippen molar-refractivity contribution >= 4 is 0 Å². The van der Waals surface area contributed by atoms with E-state index in [1.54, 1.807) is 13.0 Å². The molecule has 3 nitrogen and oxygen atoms in total. The van der Waals surface area contributed by atoms with E-state index < -0.39 is 0 Å². The minimum Gasteiger partial charge on any atom is -0.491 e. The summed E-state index contributed by atoms with van der Waals surface area (Å²) in [6.07, 6.45) is 0. The standard InChI is InChI=1S/C10H14FNO2/c1-7(12)9-6-8(14-5-4-13)2-3-10(9)11/h2-3,6-7,13H,4-5,12H2,1H3. The average Bonchev–Trinajstić information content (AvgIpc) is 2.16. The van der Waals surface area contributed by atoms with Crippen molar-refractivity contribution in [1.82, 2.24) is 0 Å². The second kappa shape index (κ2) is 4.93. The Hall–Kier alpha value is -1.13. The Labute approximate surface area is 82.3 Å². The van der Waals surface area contributed by atoms with Crippen molar-refractivity contribution in [3.63, 3.8) is 0 Å². The van der Waals surface area contributed by atoms with E-state index in [0.717, 1.165) is 0 Å². The van der Waals surface area contributed by atoms with Gasteiger partial charge in [0.25, 0.3) is 0 Å². The van der Waals surface area contributed by atoms with Crippen LogP contribution < -0.4 is 10.5 Å². The van der Waals surface area contributed by atoms with Crippen molar-refractivity contribution in [3.8, 4) is 5.75 Å². The number of rotatable bonds is 4. The molecular formula is C10H14FNO2. The van der Waals surface area contributed by atoms with Gasteiger partial charge in [0.05, 0.1) is 6.61 Å². The van der Waals surface area contributed by atoms with E-state index in [1.807, 2.05) is 0 Å². The van der Waals surface area contributed by atoms with Gasteiger partial charge in [0.2, 0.25) is 0 Å². The zero-order chi connectivity index (χ0) is 10.6. The summed E-state index contributed by atoms with van der Waals surface area (Å²) in [5, 5.41) is 8.54. The van der Waals surface area contributed by atoms with Gasteiger partial charge < -0.3 is 15.6 Å². The number of hydrogen-bond donors (Lipinski definition) is 2. The van der Waals surface area contributed by atoms with E-state index in [2.05, 4.69) is 0 Å². The second-order valence-corrected chi connectivity index (χ2v) is 3.04. The first-order valence-electron chi connectivity index (χ1n) is 4.44. The number of benzene rings is 1. The van der Waals surface area contributed by atoms with Crippen molar-refractivity contribution in [1.29, 1.82) is 0 Å². The van der Waals surface area contributed by atoms with Gasteiger partial charge in [0.1, 0.15) is 18.2 Å². The Bertz CT molecular complexity index is 302. The van der Waals surface area contributed by atoms with Gasteiger partial charge in [-0.15, -0.1) is 0 Å². The summed E-state index contributed by atoms with van der Waals surface area (Å²) in [6.45, 7) is 1.84. The molecule has 0 spiro atoms. The largest absolute Gasteiger partial charge is 0.491 e. The molecule has 0 heterocycles. The van der Waals surface area contributed by atoms with Crippen molar-refractivity contribution in [2.24, 2.45) is 5.73 Å². The van der Waals surface area contributed by atoms with Crippen LogP contribution in [0.25, 0.3) is 0 Å². The summed E-state index contributed by atoms with van der Waals surface area (Å²) in [7, 11) is 0. The predicted octanol–water partition coefficient (Wildman–Crippen LogP) is 1.22. The van der Waals surface area contributed by atoms with Gasteiger partial charge in [0, 0.05) is 11.6 Å². The SMILES string of the molecule is CC(N)c1cc(OCCO)ccc1F. The first-order valence-corrected chi connectivity index (χ1v) is 4.44. The molecule has 14 heavy (non-hydrogen) atoms. The monoisotopic (exact) mass is 199 g/mol. The van der Waals surface area contributed by atoms with Crippen LogP contribution in [0.3, 0.4) is 0 Å². The van der Waals surface area contributed by atoms with Gasteiger partial charge in [0.15, 0.2) is 0 Å². The molecule has 0 amide bonds. The lowest BCUT2D eigenvalue weighted by Crippen LogP contribution is -2.08. The lowest BCUT2D eigenvalue weighted by Gasteiger charge is -2.10. The molecule has 3 N–H and O–H groups in total. The van der Waals surface area contributed by atoms with E-state index in [0.29, 0.717) is 11.3 Å². The molecule has 1 aromatic rings. The van der Waals surface area contributed by atoms with Gasteiger partial charge in [-0.05, 0) is 25.1 Å². The number of halogens is 1. The summed E-state index contributed by atoms with van der Waals surface area (Å²) in [5.41, 5.74) is 5.98. The number of aliphatic hydroxyl groups is 1. The molecule has 0 bridgehead atoms. The van der Waals surface area contributed by atoms with Gasteiger partial charge in [-0.1, -0.05) is 0 Å². The fourth-order valence-corrected chi connectivity index (χ4v) is 1.12. The highest BCUT2D eigenvalue weighted by Crippen LogP contribution is 2.20. The van der Waals surface area contributed by atoms with Gasteiger partial charge in [-0.25, -0.2) is 4.39 Å². The molecule has 0 aliphatic heterocycles.